The predicted octanol–water partition coefficient (Wildman–Crippen LogP) is 3.11. The Labute approximate surface area is 161 Å². The molecule has 0 spiro atoms. The number of ether oxygens (including phenoxy) is 1. The molecule has 0 saturated heterocycles. The molecular formula is C20H21N3O3S. The maximum atomic E-state index is 12.1. The van der Waals surface area contributed by atoms with Gasteiger partial charge in [0.2, 0.25) is 0 Å². The van der Waals surface area contributed by atoms with Crippen LogP contribution in [0.4, 0.5) is 0 Å². The normalized spacial score (nSPS) is 10.6. The quantitative estimate of drug-likeness (QED) is 0.680. The molecule has 140 valence electrons. The number of nitrogens with one attached hydrogen (secondary N) is 1. The lowest BCUT2D eigenvalue weighted by Crippen LogP contribution is -2.31. The van der Waals surface area contributed by atoms with Crippen LogP contribution in [0.25, 0.3) is 11.3 Å². The zero-order valence-corrected chi connectivity index (χ0v) is 16.1. The average Bonchev–Trinajstić information content (AvgIpc) is 3.11. The van der Waals surface area contributed by atoms with E-state index >= 15 is 0 Å². The average molecular weight is 383 g/mol. The van der Waals surface area contributed by atoms with E-state index in [1.807, 2.05) is 49.6 Å². The highest BCUT2D eigenvalue weighted by Gasteiger charge is 2.08. The fourth-order valence-electron chi connectivity index (χ4n) is 2.56. The minimum Gasteiger partial charge on any atom is -0.494 e. The van der Waals surface area contributed by atoms with Crippen molar-refractivity contribution in [2.24, 2.45) is 0 Å². The summed E-state index contributed by atoms with van der Waals surface area (Å²) in [5.41, 5.74) is 2.44. The van der Waals surface area contributed by atoms with Crippen LogP contribution in [0.15, 0.2) is 52.6 Å². The van der Waals surface area contributed by atoms with Gasteiger partial charge in [-0.25, -0.2) is 4.68 Å². The van der Waals surface area contributed by atoms with Crippen molar-refractivity contribution in [1.82, 2.24) is 15.1 Å². The smallest absolute Gasteiger partial charge is 0.266 e. The summed E-state index contributed by atoms with van der Waals surface area (Å²) >= 11 is 1.40. The third-order valence-electron chi connectivity index (χ3n) is 3.89. The molecule has 7 heteroatoms. The summed E-state index contributed by atoms with van der Waals surface area (Å²) in [5.74, 6) is 0.657. The second-order valence-electron chi connectivity index (χ2n) is 5.98. The Morgan fingerprint density at radius 2 is 2.00 bits per heavy atom. The van der Waals surface area contributed by atoms with Crippen molar-refractivity contribution < 1.29 is 9.53 Å². The highest BCUT2D eigenvalue weighted by molar-refractivity contribution is 7.12. The number of aromatic nitrogens is 2. The van der Waals surface area contributed by atoms with Crippen molar-refractivity contribution in [2.45, 2.75) is 20.4 Å². The van der Waals surface area contributed by atoms with Gasteiger partial charge in [-0.1, -0.05) is 0 Å². The Balaban J connectivity index is 1.66. The van der Waals surface area contributed by atoms with E-state index in [0.29, 0.717) is 30.3 Å². The first-order valence-electron chi connectivity index (χ1n) is 8.71. The minimum absolute atomic E-state index is 0.135. The third-order valence-corrected chi connectivity index (χ3v) is 4.94. The number of nitrogens with zero attached hydrogens (tertiary/aromatic N) is 2. The highest BCUT2D eigenvalue weighted by Crippen LogP contribution is 2.19. The maximum Gasteiger partial charge on any atom is 0.266 e. The Hall–Kier alpha value is -2.93. The van der Waals surface area contributed by atoms with Crippen molar-refractivity contribution in [1.29, 1.82) is 0 Å². The van der Waals surface area contributed by atoms with Gasteiger partial charge >= 0.3 is 0 Å². The van der Waals surface area contributed by atoms with Crippen LogP contribution in [-0.2, 0) is 6.54 Å². The first-order valence-corrected chi connectivity index (χ1v) is 9.59. The molecule has 1 amide bonds. The van der Waals surface area contributed by atoms with E-state index in [1.165, 1.54) is 22.1 Å². The molecule has 2 heterocycles. The molecule has 2 aromatic heterocycles. The van der Waals surface area contributed by atoms with E-state index in [9.17, 15) is 9.59 Å². The van der Waals surface area contributed by atoms with Crippen LogP contribution in [0.2, 0.25) is 0 Å². The number of carbonyl (C=O) groups is 1. The third kappa shape index (κ3) is 4.83. The molecule has 0 unspecified atom stereocenters. The van der Waals surface area contributed by atoms with Gasteiger partial charge in [-0.3, -0.25) is 9.59 Å². The van der Waals surface area contributed by atoms with Gasteiger partial charge in [-0.15, -0.1) is 11.3 Å². The number of hydrogen-bond donors (Lipinski definition) is 1. The summed E-state index contributed by atoms with van der Waals surface area (Å²) < 4.78 is 6.80. The molecule has 0 aliphatic rings. The number of amides is 1. The van der Waals surface area contributed by atoms with Crippen LogP contribution in [0.3, 0.4) is 0 Å². The maximum absolute atomic E-state index is 12.1. The lowest BCUT2D eigenvalue weighted by Gasteiger charge is -2.09. The Morgan fingerprint density at radius 3 is 2.67 bits per heavy atom. The summed E-state index contributed by atoms with van der Waals surface area (Å²) in [4.78, 5) is 24.8. The summed E-state index contributed by atoms with van der Waals surface area (Å²) in [6.07, 6.45) is 0. The van der Waals surface area contributed by atoms with Crippen LogP contribution in [0.1, 0.15) is 22.2 Å². The number of carbonyl (C=O) groups excluding carboxylic acids is 1. The van der Waals surface area contributed by atoms with Gasteiger partial charge in [-0.05, 0) is 61.2 Å². The number of thiophene rings is 1. The van der Waals surface area contributed by atoms with Gasteiger partial charge in [0.1, 0.15) is 5.75 Å². The van der Waals surface area contributed by atoms with Gasteiger partial charge in [-0.2, -0.15) is 5.10 Å². The molecule has 0 saturated carbocycles. The SMILES string of the molecule is CCOc1ccc(-c2ccc(=O)n(CCNC(=O)c3cc(C)cs3)n2)cc1. The Morgan fingerprint density at radius 1 is 1.22 bits per heavy atom. The number of rotatable bonds is 7. The van der Waals surface area contributed by atoms with E-state index in [-0.39, 0.29) is 11.5 Å². The second-order valence-corrected chi connectivity index (χ2v) is 6.89. The lowest BCUT2D eigenvalue weighted by atomic mass is 10.1. The molecule has 3 rings (SSSR count). The molecule has 1 aromatic carbocycles. The molecule has 0 aliphatic carbocycles. The molecule has 0 aliphatic heterocycles. The largest absolute Gasteiger partial charge is 0.494 e. The van der Waals surface area contributed by atoms with E-state index in [1.54, 1.807) is 6.07 Å². The number of benzene rings is 1. The first kappa shape index (κ1) is 18.8. The molecule has 0 bridgehead atoms. The van der Waals surface area contributed by atoms with E-state index in [0.717, 1.165) is 16.9 Å². The van der Waals surface area contributed by atoms with Crippen LogP contribution >= 0.6 is 11.3 Å². The molecule has 6 nitrogen and oxygen atoms in total. The van der Waals surface area contributed by atoms with Crippen LogP contribution in [0.5, 0.6) is 5.75 Å². The van der Waals surface area contributed by atoms with Gasteiger partial charge in [0.15, 0.2) is 0 Å². The van der Waals surface area contributed by atoms with Crippen molar-refractivity contribution >= 4 is 17.2 Å². The monoisotopic (exact) mass is 383 g/mol. The molecule has 0 atom stereocenters. The number of hydrogen-bond acceptors (Lipinski definition) is 5. The number of aryl methyl sites for hydroxylation is 1. The van der Waals surface area contributed by atoms with Crippen molar-refractivity contribution in [2.75, 3.05) is 13.2 Å². The van der Waals surface area contributed by atoms with Gasteiger partial charge in [0, 0.05) is 18.2 Å². The molecule has 27 heavy (non-hydrogen) atoms. The lowest BCUT2D eigenvalue weighted by molar-refractivity contribution is 0.0955. The highest BCUT2D eigenvalue weighted by atomic mass is 32.1. The first-order chi connectivity index (χ1) is 13.1. The Bertz CT molecular complexity index is 977. The van der Waals surface area contributed by atoms with Gasteiger partial charge < -0.3 is 10.1 Å². The van der Waals surface area contributed by atoms with E-state index in [4.69, 9.17) is 4.74 Å². The van der Waals surface area contributed by atoms with Crippen LogP contribution in [-0.4, -0.2) is 28.8 Å². The second kappa shape index (κ2) is 8.64. The van der Waals surface area contributed by atoms with Gasteiger partial charge in [0.05, 0.1) is 23.7 Å². The van der Waals surface area contributed by atoms with E-state index < -0.39 is 0 Å². The minimum atomic E-state index is -0.203. The molecule has 3 aromatic rings. The zero-order valence-electron chi connectivity index (χ0n) is 15.3. The molecule has 0 fully saturated rings. The molecule has 1 N–H and O–H groups in total. The van der Waals surface area contributed by atoms with Crippen molar-refractivity contribution in [3.05, 3.63) is 68.6 Å². The van der Waals surface area contributed by atoms with Crippen LogP contribution < -0.4 is 15.6 Å². The standard InChI is InChI=1S/C20H21N3O3S/c1-3-26-16-6-4-15(5-7-16)17-8-9-19(24)23(22-17)11-10-21-20(25)18-12-14(2)13-27-18/h4-9,12-13H,3,10-11H2,1-2H3,(H,21,25). The fourth-order valence-corrected chi connectivity index (χ4v) is 3.38. The predicted molar refractivity (Wildman–Crippen MR) is 106 cm³/mol. The Kier molecular flexibility index (Phi) is 6.03. The summed E-state index contributed by atoms with van der Waals surface area (Å²) in [5, 5.41) is 9.16. The van der Waals surface area contributed by atoms with Crippen molar-refractivity contribution in [3.8, 4) is 17.0 Å². The van der Waals surface area contributed by atoms with Crippen LogP contribution in [0, 0.1) is 6.92 Å². The molecule has 0 radical (unpaired) electrons. The van der Waals surface area contributed by atoms with Crippen molar-refractivity contribution in [3.63, 3.8) is 0 Å². The van der Waals surface area contributed by atoms with E-state index in [2.05, 4.69) is 10.4 Å². The summed E-state index contributed by atoms with van der Waals surface area (Å²) in [6, 6.07) is 12.6. The topological polar surface area (TPSA) is 73.2 Å². The summed E-state index contributed by atoms with van der Waals surface area (Å²) in [7, 11) is 0. The molecular weight excluding hydrogens is 362 g/mol. The zero-order chi connectivity index (χ0) is 19.2. The van der Waals surface area contributed by atoms with Gasteiger partial charge in [0.25, 0.3) is 11.5 Å². The summed E-state index contributed by atoms with van der Waals surface area (Å²) in [6.45, 7) is 5.13. The fraction of sp³-hybridized carbons (Fsp3) is 0.250.